The monoisotopic (exact) mass is 265 g/mol. The number of hydrogen-bond donors (Lipinski definition) is 2. The van der Waals surface area contributed by atoms with Gasteiger partial charge in [-0.3, -0.25) is 4.79 Å². The van der Waals surface area contributed by atoms with E-state index in [4.69, 9.17) is 9.84 Å². The molecule has 0 bridgehead atoms. The second-order valence-corrected chi connectivity index (χ2v) is 5.22. The summed E-state index contributed by atoms with van der Waals surface area (Å²) in [5.74, 6) is -0.142. The molecule has 0 aliphatic heterocycles. The SMILES string of the molecule is COCC(C)(CCO)NC(=O)c1ccc(C)c(C)c1. The van der Waals surface area contributed by atoms with E-state index < -0.39 is 5.54 Å². The highest BCUT2D eigenvalue weighted by Gasteiger charge is 2.26. The summed E-state index contributed by atoms with van der Waals surface area (Å²) in [5.41, 5.74) is 2.32. The van der Waals surface area contributed by atoms with Gasteiger partial charge in [0, 0.05) is 19.3 Å². The van der Waals surface area contributed by atoms with Gasteiger partial charge in [0.25, 0.3) is 5.91 Å². The van der Waals surface area contributed by atoms with Crippen LogP contribution >= 0.6 is 0 Å². The molecular weight excluding hydrogens is 242 g/mol. The van der Waals surface area contributed by atoms with Crippen LogP contribution in [0.4, 0.5) is 0 Å². The minimum atomic E-state index is -0.556. The molecule has 106 valence electrons. The summed E-state index contributed by atoms with van der Waals surface area (Å²) < 4.78 is 5.11. The van der Waals surface area contributed by atoms with Crippen molar-refractivity contribution in [1.82, 2.24) is 5.32 Å². The Morgan fingerprint density at radius 3 is 2.58 bits per heavy atom. The molecule has 0 aliphatic carbocycles. The van der Waals surface area contributed by atoms with E-state index in [1.807, 2.05) is 39.0 Å². The number of benzene rings is 1. The number of hydrogen-bond acceptors (Lipinski definition) is 3. The van der Waals surface area contributed by atoms with Crippen LogP contribution in [-0.2, 0) is 4.74 Å². The first kappa shape index (κ1) is 15.7. The average Bonchev–Trinajstić information content (AvgIpc) is 2.32. The lowest BCUT2D eigenvalue weighted by Crippen LogP contribution is -2.50. The van der Waals surface area contributed by atoms with Crippen LogP contribution in [0.2, 0.25) is 0 Å². The number of aryl methyl sites for hydroxylation is 2. The topological polar surface area (TPSA) is 58.6 Å². The fourth-order valence-electron chi connectivity index (χ4n) is 1.97. The molecule has 2 N–H and O–H groups in total. The highest BCUT2D eigenvalue weighted by molar-refractivity contribution is 5.95. The highest BCUT2D eigenvalue weighted by Crippen LogP contribution is 2.14. The molecular formula is C15H23NO3. The lowest BCUT2D eigenvalue weighted by molar-refractivity contribution is 0.0725. The Morgan fingerprint density at radius 1 is 1.37 bits per heavy atom. The number of carbonyl (C=O) groups excluding carboxylic acids is 1. The van der Waals surface area contributed by atoms with E-state index in [0.717, 1.165) is 11.1 Å². The Morgan fingerprint density at radius 2 is 2.05 bits per heavy atom. The van der Waals surface area contributed by atoms with Crippen molar-refractivity contribution < 1.29 is 14.6 Å². The van der Waals surface area contributed by atoms with Gasteiger partial charge in [0.15, 0.2) is 0 Å². The Hall–Kier alpha value is -1.39. The largest absolute Gasteiger partial charge is 0.396 e. The summed E-state index contributed by atoms with van der Waals surface area (Å²) in [5, 5.41) is 12.0. The van der Waals surface area contributed by atoms with Crippen molar-refractivity contribution >= 4 is 5.91 Å². The van der Waals surface area contributed by atoms with Gasteiger partial charge >= 0.3 is 0 Å². The third-order valence-electron chi connectivity index (χ3n) is 3.31. The van der Waals surface area contributed by atoms with Crippen molar-refractivity contribution in [3.63, 3.8) is 0 Å². The lowest BCUT2D eigenvalue weighted by Gasteiger charge is -2.29. The third kappa shape index (κ3) is 4.33. The van der Waals surface area contributed by atoms with Crippen LogP contribution in [0.25, 0.3) is 0 Å². The van der Waals surface area contributed by atoms with Crippen molar-refractivity contribution in [2.45, 2.75) is 32.7 Å². The molecule has 1 rings (SSSR count). The maximum Gasteiger partial charge on any atom is 0.251 e. The standard InChI is InChI=1S/C15H23NO3/c1-11-5-6-13(9-12(11)2)14(18)16-15(3,7-8-17)10-19-4/h5-6,9,17H,7-8,10H2,1-4H3,(H,16,18). The molecule has 0 saturated heterocycles. The number of methoxy groups -OCH3 is 1. The second kappa shape index (κ2) is 6.68. The zero-order valence-electron chi connectivity index (χ0n) is 12.1. The van der Waals surface area contributed by atoms with Crippen molar-refractivity contribution in [1.29, 1.82) is 0 Å². The third-order valence-corrected chi connectivity index (χ3v) is 3.31. The van der Waals surface area contributed by atoms with E-state index in [1.165, 1.54) is 0 Å². The fourth-order valence-corrected chi connectivity index (χ4v) is 1.97. The van der Waals surface area contributed by atoms with E-state index in [0.29, 0.717) is 18.6 Å². The predicted molar refractivity (Wildman–Crippen MR) is 75.4 cm³/mol. The summed E-state index contributed by atoms with van der Waals surface area (Å²) in [7, 11) is 1.58. The molecule has 1 aromatic rings. The van der Waals surface area contributed by atoms with Gasteiger partial charge in [-0.1, -0.05) is 6.07 Å². The van der Waals surface area contributed by atoms with Gasteiger partial charge in [0.1, 0.15) is 0 Å². The van der Waals surface area contributed by atoms with Crippen molar-refractivity contribution in [3.8, 4) is 0 Å². The van der Waals surface area contributed by atoms with E-state index in [-0.39, 0.29) is 12.5 Å². The molecule has 19 heavy (non-hydrogen) atoms. The molecule has 0 aliphatic rings. The Labute approximate surface area is 114 Å². The molecule has 4 nitrogen and oxygen atoms in total. The summed E-state index contributed by atoms with van der Waals surface area (Å²) in [6.45, 7) is 6.23. The first-order chi connectivity index (χ1) is 8.91. The molecule has 1 amide bonds. The van der Waals surface area contributed by atoms with Crippen LogP contribution in [0.1, 0.15) is 34.8 Å². The number of ether oxygens (including phenoxy) is 1. The van der Waals surface area contributed by atoms with Crippen LogP contribution in [0.15, 0.2) is 18.2 Å². The van der Waals surface area contributed by atoms with E-state index in [2.05, 4.69) is 5.32 Å². The maximum absolute atomic E-state index is 12.2. The van der Waals surface area contributed by atoms with Crippen molar-refractivity contribution in [2.24, 2.45) is 0 Å². The molecule has 1 unspecified atom stereocenters. The number of aliphatic hydroxyl groups is 1. The van der Waals surface area contributed by atoms with Crippen LogP contribution in [0, 0.1) is 13.8 Å². The molecule has 1 aromatic carbocycles. The first-order valence-electron chi connectivity index (χ1n) is 6.41. The quantitative estimate of drug-likeness (QED) is 0.825. The normalized spacial score (nSPS) is 13.9. The molecule has 4 heteroatoms. The number of aliphatic hydroxyl groups excluding tert-OH is 1. The summed E-state index contributed by atoms with van der Waals surface area (Å²) in [6.07, 6.45) is 0.456. The van der Waals surface area contributed by atoms with Gasteiger partial charge in [-0.15, -0.1) is 0 Å². The molecule has 0 aromatic heterocycles. The Balaban J connectivity index is 2.84. The van der Waals surface area contributed by atoms with Crippen LogP contribution in [0.3, 0.4) is 0 Å². The van der Waals surface area contributed by atoms with E-state index in [9.17, 15) is 4.79 Å². The number of amides is 1. The zero-order valence-corrected chi connectivity index (χ0v) is 12.1. The number of nitrogens with one attached hydrogen (secondary N) is 1. The maximum atomic E-state index is 12.2. The zero-order chi connectivity index (χ0) is 14.5. The predicted octanol–water partition coefficient (Wildman–Crippen LogP) is 1.82. The molecule has 0 radical (unpaired) electrons. The van der Waals surface area contributed by atoms with Gasteiger partial charge in [-0.05, 0) is 50.5 Å². The van der Waals surface area contributed by atoms with Crippen LogP contribution < -0.4 is 5.32 Å². The van der Waals surface area contributed by atoms with Crippen molar-refractivity contribution in [3.05, 3.63) is 34.9 Å². The fraction of sp³-hybridized carbons (Fsp3) is 0.533. The Kier molecular flexibility index (Phi) is 5.51. The second-order valence-electron chi connectivity index (χ2n) is 5.22. The molecule has 1 atom stereocenters. The van der Waals surface area contributed by atoms with Gasteiger partial charge < -0.3 is 15.2 Å². The lowest BCUT2D eigenvalue weighted by atomic mass is 9.98. The van der Waals surface area contributed by atoms with Gasteiger partial charge in [0.05, 0.1) is 12.1 Å². The smallest absolute Gasteiger partial charge is 0.251 e. The van der Waals surface area contributed by atoms with Crippen LogP contribution in [0.5, 0.6) is 0 Å². The first-order valence-corrected chi connectivity index (χ1v) is 6.41. The summed E-state index contributed by atoms with van der Waals surface area (Å²) in [4.78, 5) is 12.2. The number of carbonyl (C=O) groups is 1. The summed E-state index contributed by atoms with van der Waals surface area (Å²) in [6, 6.07) is 5.62. The highest BCUT2D eigenvalue weighted by atomic mass is 16.5. The minimum Gasteiger partial charge on any atom is -0.396 e. The molecule has 0 saturated carbocycles. The minimum absolute atomic E-state index is 0.00701. The van der Waals surface area contributed by atoms with Gasteiger partial charge in [-0.2, -0.15) is 0 Å². The van der Waals surface area contributed by atoms with Gasteiger partial charge in [-0.25, -0.2) is 0 Å². The summed E-state index contributed by atoms with van der Waals surface area (Å²) >= 11 is 0. The average molecular weight is 265 g/mol. The number of rotatable bonds is 6. The van der Waals surface area contributed by atoms with Gasteiger partial charge in [0.2, 0.25) is 0 Å². The molecule has 0 spiro atoms. The Bertz CT molecular complexity index is 437. The van der Waals surface area contributed by atoms with E-state index >= 15 is 0 Å². The molecule has 0 fully saturated rings. The molecule has 0 heterocycles. The van der Waals surface area contributed by atoms with E-state index in [1.54, 1.807) is 7.11 Å². The van der Waals surface area contributed by atoms with Crippen LogP contribution in [-0.4, -0.2) is 36.9 Å². The van der Waals surface area contributed by atoms with Crippen molar-refractivity contribution in [2.75, 3.05) is 20.3 Å².